The van der Waals surface area contributed by atoms with Gasteiger partial charge in [0, 0.05) is 17.9 Å². The van der Waals surface area contributed by atoms with Crippen LogP contribution in [0.3, 0.4) is 0 Å². The number of ether oxygens (including phenoxy) is 1. The fourth-order valence-corrected chi connectivity index (χ4v) is 1.39. The first kappa shape index (κ1) is 13.7. The van der Waals surface area contributed by atoms with Gasteiger partial charge in [0.15, 0.2) is 5.82 Å². The van der Waals surface area contributed by atoms with Crippen molar-refractivity contribution in [3.8, 4) is 0 Å². The highest BCUT2D eigenvalue weighted by Crippen LogP contribution is 2.13. The average Bonchev–Trinajstić information content (AvgIpc) is 2.61. The van der Waals surface area contributed by atoms with E-state index in [1.165, 1.54) is 0 Å². The molecule has 0 aliphatic rings. The van der Waals surface area contributed by atoms with Crippen molar-refractivity contribution in [2.75, 3.05) is 18.5 Å². The van der Waals surface area contributed by atoms with Crippen molar-refractivity contribution < 1.29 is 9.53 Å². The number of aromatic nitrogens is 2. The molecule has 0 aliphatic carbocycles. The molecule has 0 saturated carbocycles. The maximum atomic E-state index is 11.5. The van der Waals surface area contributed by atoms with Gasteiger partial charge < -0.3 is 10.1 Å². The summed E-state index contributed by atoms with van der Waals surface area (Å²) in [5, 5.41) is 9.54. The Kier molecular flexibility index (Phi) is 5.69. The first-order chi connectivity index (χ1) is 8.15. The van der Waals surface area contributed by atoms with Crippen LogP contribution < -0.4 is 5.32 Å². The van der Waals surface area contributed by atoms with Crippen LogP contribution in [-0.2, 0) is 9.53 Å². The molecule has 0 aromatic carbocycles. The first-order valence-electron chi connectivity index (χ1n) is 6.04. The van der Waals surface area contributed by atoms with Gasteiger partial charge in [0.1, 0.15) is 6.61 Å². The SMILES string of the molecule is CCCCCOCC(=O)Nc1n[nH]c(C)c1C. The number of nitrogens with zero attached hydrogens (tertiary/aromatic N) is 1. The second-order valence-corrected chi connectivity index (χ2v) is 4.13. The fraction of sp³-hybridized carbons (Fsp3) is 0.667. The molecule has 96 valence electrons. The predicted octanol–water partition coefficient (Wildman–Crippen LogP) is 2.17. The van der Waals surface area contributed by atoms with E-state index in [9.17, 15) is 4.79 Å². The van der Waals surface area contributed by atoms with Gasteiger partial charge in [0.05, 0.1) is 0 Å². The van der Waals surface area contributed by atoms with Gasteiger partial charge in [-0.05, 0) is 20.3 Å². The van der Waals surface area contributed by atoms with Crippen LogP contribution in [0.4, 0.5) is 5.82 Å². The Morgan fingerprint density at radius 2 is 2.18 bits per heavy atom. The van der Waals surface area contributed by atoms with Crippen molar-refractivity contribution in [3.63, 3.8) is 0 Å². The first-order valence-corrected chi connectivity index (χ1v) is 6.04. The number of carbonyl (C=O) groups is 1. The number of carbonyl (C=O) groups excluding carboxylic acids is 1. The van der Waals surface area contributed by atoms with Gasteiger partial charge in [0.25, 0.3) is 5.91 Å². The molecule has 0 atom stereocenters. The Balaban J connectivity index is 2.23. The molecule has 1 rings (SSSR count). The Hall–Kier alpha value is -1.36. The van der Waals surface area contributed by atoms with Crippen LogP contribution in [0.1, 0.15) is 37.4 Å². The maximum absolute atomic E-state index is 11.5. The van der Waals surface area contributed by atoms with E-state index in [0.717, 1.165) is 30.5 Å². The van der Waals surface area contributed by atoms with E-state index in [4.69, 9.17) is 4.74 Å². The zero-order valence-corrected chi connectivity index (χ0v) is 10.8. The zero-order valence-electron chi connectivity index (χ0n) is 10.8. The van der Waals surface area contributed by atoms with Gasteiger partial charge in [-0.1, -0.05) is 19.8 Å². The largest absolute Gasteiger partial charge is 0.372 e. The lowest BCUT2D eigenvalue weighted by Crippen LogP contribution is -2.19. The van der Waals surface area contributed by atoms with Crippen LogP contribution in [0.2, 0.25) is 0 Å². The molecule has 1 aromatic rings. The fourth-order valence-electron chi connectivity index (χ4n) is 1.39. The molecule has 0 bridgehead atoms. The standard InChI is InChI=1S/C12H21N3O2/c1-4-5-6-7-17-8-11(16)13-12-9(2)10(3)14-15-12/h4-8H2,1-3H3,(H2,13,14,15,16). The van der Waals surface area contributed by atoms with E-state index in [-0.39, 0.29) is 12.5 Å². The normalized spacial score (nSPS) is 10.5. The lowest BCUT2D eigenvalue weighted by atomic mass is 10.3. The van der Waals surface area contributed by atoms with Crippen LogP contribution >= 0.6 is 0 Å². The number of hydrogen-bond acceptors (Lipinski definition) is 3. The summed E-state index contributed by atoms with van der Waals surface area (Å²) >= 11 is 0. The van der Waals surface area contributed by atoms with E-state index >= 15 is 0 Å². The predicted molar refractivity (Wildman–Crippen MR) is 67.0 cm³/mol. The Labute approximate surface area is 102 Å². The molecular formula is C12H21N3O2. The molecule has 1 heterocycles. The van der Waals surface area contributed by atoms with Crippen LogP contribution in [0.15, 0.2) is 0 Å². The summed E-state index contributed by atoms with van der Waals surface area (Å²) in [6.07, 6.45) is 3.30. The minimum absolute atomic E-state index is 0.0923. The highest BCUT2D eigenvalue weighted by atomic mass is 16.5. The monoisotopic (exact) mass is 239 g/mol. The van der Waals surface area contributed by atoms with E-state index < -0.39 is 0 Å². The number of hydrogen-bond donors (Lipinski definition) is 2. The second kappa shape index (κ2) is 7.06. The van der Waals surface area contributed by atoms with Crippen LogP contribution in [0.25, 0.3) is 0 Å². The topological polar surface area (TPSA) is 67.0 Å². The molecule has 5 heteroatoms. The molecule has 0 aliphatic heterocycles. The minimum Gasteiger partial charge on any atom is -0.372 e. The number of anilines is 1. The summed E-state index contributed by atoms with van der Waals surface area (Å²) in [7, 11) is 0. The smallest absolute Gasteiger partial charge is 0.251 e. The number of aromatic amines is 1. The molecular weight excluding hydrogens is 218 g/mol. The molecule has 0 fully saturated rings. The summed E-state index contributed by atoms with van der Waals surface area (Å²) < 4.78 is 5.27. The molecule has 1 amide bonds. The van der Waals surface area contributed by atoms with Crippen molar-refractivity contribution in [1.29, 1.82) is 0 Å². The van der Waals surface area contributed by atoms with E-state index in [1.54, 1.807) is 0 Å². The van der Waals surface area contributed by atoms with E-state index in [0.29, 0.717) is 12.4 Å². The molecule has 0 spiro atoms. The van der Waals surface area contributed by atoms with Crippen LogP contribution in [0.5, 0.6) is 0 Å². The van der Waals surface area contributed by atoms with Crippen molar-refractivity contribution >= 4 is 11.7 Å². The number of amides is 1. The van der Waals surface area contributed by atoms with Gasteiger partial charge in [-0.2, -0.15) is 5.10 Å². The van der Waals surface area contributed by atoms with Crippen molar-refractivity contribution in [2.45, 2.75) is 40.0 Å². The molecule has 0 unspecified atom stereocenters. The summed E-state index contributed by atoms with van der Waals surface area (Å²) in [6.45, 7) is 6.69. The highest BCUT2D eigenvalue weighted by Gasteiger charge is 2.09. The summed E-state index contributed by atoms with van der Waals surface area (Å²) in [5.41, 5.74) is 1.92. The number of H-pyrrole nitrogens is 1. The molecule has 0 radical (unpaired) electrons. The van der Waals surface area contributed by atoms with Crippen molar-refractivity contribution in [3.05, 3.63) is 11.3 Å². The zero-order chi connectivity index (χ0) is 12.7. The number of aryl methyl sites for hydroxylation is 1. The van der Waals surface area contributed by atoms with E-state index in [1.807, 2.05) is 13.8 Å². The molecule has 1 aromatic heterocycles. The average molecular weight is 239 g/mol. The van der Waals surface area contributed by atoms with Gasteiger partial charge in [0.2, 0.25) is 0 Å². The third-order valence-corrected chi connectivity index (χ3v) is 2.64. The van der Waals surface area contributed by atoms with Crippen LogP contribution in [-0.4, -0.2) is 29.3 Å². The summed E-state index contributed by atoms with van der Waals surface area (Å²) in [4.78, 5) is 11.5. The molecule has 17 heavy (non-hydrogen) atoms. The van der Waals surface area contributed by atoms with Gasteiger partial charge in [-0.25, -0.2) is 0 Å². The van der Waals surface area contributed by atoms with Gasteiger partial charge in [-0.3, -0.25) is 9.89 Å². The molecule has 2 N–H and O–H groups in total. The highest BCUT2D eigenvalue weighted by molar-refractivity contribution is 5.91. The molecule has 5 nitrogen and oxygen atoms in total. The lowest BCUT2D eigenvalue weighted by molar-refractivity contribution is -0.120. The minimum atomic E-state index is -0.156. The van der Waals surface area contributed by atoms with E-state index in [2.05, 4.69) is 22.4 Å². The maximum Gasteiger partial charge on any atom is 0.251 e. The number of rotatable bonds is 7. The Morgan fingerprint density at radius 3 is 2.76 bits per heavy atom. The number of nitrogens with one attached hydrogen (secondary N) is 2. The summed E-state index contributed by atoms with van der Waals surface area (Å²) in [6, 6.07) is 0. The number of unbranched alkanes of at least 4 members (excludes halogenated alkanes) is 2. The van der Waals surface area contributed by atoms with Gasteiger partial charge in [-0.15, -0.1) is 0 Å². The Morgan fingerprint density at radius 1 is 1.41 bits per heavy atom. The molecule has 0 saturated heterocycles. The third-order valence-electron chi connectivity index (χ3n) is 2.64. The quantitative estimate of drug-likeness (QED) is 0.717. The summed E-state index contributed by atoms with van der Waals surface area (Å²) in [5.74, 6) is 0.431. The van der Waals surface area contributed by atoms with Crippen molar-refractivity contribution in [2.24, 2.45) is 0 Å². The van der Waals surface area contributed by atoms with Crippen LogP contribution in [0, 0.1) is 13.8 Å². The van der Waals surface area contributed by atoms with Crippen molar-refractivity contribution in [1.82, 2.24) is 10.2 Å². The lowest BCUT2D eigenvalue weighted by Gasteiger charge is -2.04. The van der Waals surface area contributed by atoms with Gasteiger partial charge >= 0.3 is 0 Å². The Bertz CT molecular complexity index is 361. The third kappa shape index (κ3) is 4.56. The second-order valence-electron chi connectivity index (χ2n) is 4.13.